The number of esters is 1. The Morgan fingerprint density at radius 2 is 1.65 bits per heavy atom. The molecule has 4 aliphatic carbocycles. The summed E-state index contributed by atoms with van der Waals surface area (Å²) in [5.74, 6) is -3.78. The van der Waals surface area contributed by atoms with Crippen LogP contribution in [0.5, 0.6) is 11.5 Å². The van der Waals surface area contributed by atoms with E-state index in [0.29, 0.717) is 38.6 Å². The maximum absolute atomic E-state index is 15.3. The second kappa shape index (κ2) is 14.5. The van der Waals surface area contributed by atoms with Gasteiger partial charge in [-0.25, -0.2) is 4.39 Å². The summed E-state index contributed by atoms with van der Waals surface area (Å²) in [7, 11) is 0. The molecule has 3 saturated carbocycles. The number of fused-ring (bicyclic) bond motifs is 3. The standard InChI is InChI=1S/C41H45F3N2O6/c1-40(15-6-16-40)23-45-37(48)34-25-11-12-26(19-25)35(34)46-36(47)30-20-33(31(42)21-32(30)52-39(43)44)51-28-13-17-41(2,18-14-28)38(49)50-22-27-9-5-8-24-7-3-4-10-29(24)27/h3-5,7-12,20-21,25-26,28,34-35,39H,6,13-19,22-23H2,1-2H3,(H,45,48)(H,46,47)/t25-,26+,28?,34?,35-,41?/m1/s1. The fourth-order valence-electron chi connectivity index (χ4n) is 8.44. The molecule has 11 heteroatoms. The molecule has 2 amide bonds. The maximum Gasteiger partial charge on any atom is 0.387 e. The molecule has 0 spiro atoms. The fraction of sp³-hybridized carbons (Fsp3) is 0.488. The Kier molecular flexibility index (Phi) is 9.97. The van der Waals surface area contributed by atoms with E-state index < -0.39 is 47.6 Å². The van der Waals surface area contributed by atoms with Crippen LogP contribution in [0.4, 0.5) is 13.2 Å². The Labute approximate surface area is 301 Å². The van der Waals surface area contributed by atoms with Crippen LogP contribution in [0.15, 0.2) is 66.7 Å². The third-order valence-corrected chi connectivity index (χ3v) is 11.9. The highest BCUT2D eigenvalue weighted by Gasteiger charge is 2.49. The number of carbonyl (C=O) groups is 3. The monoisotopic (exact) mass is 718 g/mol. The largest absolute Gasteiger partial charge is 0.487 e. The molecule has 2 N–H and O–H groups in total. The van der Waals surface area contributed by atoms with Crippen LogP contribution in [0.25, 0.3) is 10.8 Å². The zero-order chi connectivity index (χ0) is 36.6. The van der Waals surface area contributed by atoms with Gasteiger partial charge in [-0.2, -0.15) is 8.78 Å². The summed E-state index contributed by atoms with van der Waals surface area (Å²) in [5.41, 5.74) is -0.0964. The highest BCUT2D eigenvalue weighted by molar-refractivity contribution is 5.98. The summed E-state index contributed by atoms with van der Waals surface area (Å²) in [4.78, 5) is 40.4. The number of ether oxygens (including phenoxy) is 3. The second-order valence-corrected chi connectivity index (χ2v) is 15.6. The van der Waals surface area contributed by atoms with Crippen LogP contribution in [0.3, 0.4) is 0 Å². The molecule has 3 aromatic rings. The SMILES string of the molecule is CC1(CNC(=O)C2[C@@H]3C=C[C@@H](C3)[C@H]2NC(=O)c2cc(OC3CCC(C)(C(=O)OCc4cccc5ccccc45)CC3)c(F)cc2OC(F)F)CCC1. The molecule has 4 atom stereocenters. The van der Waals surface area contributed by atoms with Crippen LogP contribution in [0, 0.1) is 34.4 Å². The number of amides is 2. The van der Waals surface area contributed by atoms with Crippen molar-refractivity contribution in [3.63, 3.8) is 0 Å². The first-order chi connectivity index (χ1) is 24.9. The number of hydrogen-bond donors (Lipinski definition) is 2. The highest BCUT2D eigenvalue weighted by atomic mass is 19.3. The Bertz CT molecular complexity index is 1860. The molecule has 1 unspecified atom stereocenters. The molecule has 0 aromatic heterocycles. The van der Waals surface area contributed by atoms with Gasteiger partial charge < -0.3 is 24.8 Å². The van der Waals surface area contributed by atoms with Crippen molar-refractivity contribution in [1.29, 1.82) is 0 Å². The Balaban J connectivity index is 1.00. The van der Waals surface area contributed by atoms with Crippen molar-refractivity contribution < 1.29 is 41.8 Å². The van der Waals surface area contributed by atoms with Crippen LogP contribution < -0.4 is 20.1 Å². The molecule has 2 bridgehead atoms. The van der Waals surface area contributed by atoms with Crippen LogP contribution in [0.2, 0.25) is 0 Å². The van der Waals surface area contributed by atoms with Gasteiger partial charge in [-0.15, -0.1) is 0 Å². The van der Waals surface area contributed by atoms with E-state index >= 15 is 4.39 Å². The lowest BCUT2D eigenvalue weighted by atomic mass is 9.70. The second-order valence-electron chi connectivity index (χ2n) is 15.6. The molecule has 52 heavy (non-hydrogen) atoms. The first kappa shape index (κ1) is 35.8. The summed E-state index contributed by atoms with van der Waals surface area (Å²) >= 11 is 0. The van der Waals surface area contributed by atoms with Crippen molar-refractivity contribution in [2.24, 2.45) is 28.6 Å². The third kappa shape index (κ3) is 7.36. The van der Waals surface area contributed by atoms with Crippen molar-refractivity contribution in [2.45, 2.75) is 90.6 Å². The summed E-state index contributed by atoms with van der Waals surface area (Å²) in [6.07, 6.45) is 9.06. The minimum atomic E-state index is -3.30. The van der Waals surface area contributed by atoms with Crippen molar-refractivity contribution in [3.8, 4) is 11.5 Å². The van der Waals surface area contributed by atoms with Crippen molar-refractivity contribution >= 4 is 28.6 Å². The normalized spacial score (nSPS) is 27.2. The highest BCUT2D eigenvalue weighted by Crippen LogP contribution is 2.45. The van der Waals surface area contributed by atoms with E-state index in [1.807, 2.05) is 61.5 Å². The number of carbonyl (C=O) groups excluding carboxylic acids is 3. The lowest BCUT2D eigenvalue weighted by Crippen LogP contribution is -2.50. The molecular weight excluding hydrogens is 673 g/mol. The molecule has 0 saturated heterocycles. The van der Waals surface area contributed by atoms with Crippen molar-refractivity contribution in [2.75, 3.05) is 6.54 Å². The quantitative estimate of drug-likeness (QED) is 0.146. The van der Waals surface area contributed by atoms with Crippen LogP contribution in [0.1, 0.15) is 81.1 Å². The van der Waals surface area contributed by atoms with Gasteiger partial charge in [0.25, 0.3) is 5.91 Å². The van der Waals surface area contributed by atoms with E-state index in [2.05, 4.69) is 22.3 Å². The lowest BCUT2D eigenvalue weighted by Gasteiger charge is -2.39. The molecule has 0 radical (unpaired) electrons. The molecular formula is C41H45F3N2O6. The number of alkyl halides is 2. The van der Waals surface area contributed by atoms with Gasteiger partial charge in [0.05, 0.1) is 23.0 Å². The van der Waals surface area contributed by atoms with E-state index in [1.54, 1.807) is 0 Å². The number of nitrogens with one attached hydrogen (secondary N) is 2. The van der Waals surface area contributed by atoms with E-state index in [9.17, 15) is 23.2 Å². The number of allylic oxidation sites excluding steroid dienone is 1. The minimum absolute atomic E-state index is 0.0547. The van der Waals surface area contributed by atoms with Gasteiger partial charge in [-0.1, -0.05) is 68.0 Å². The zero-order valence-corrected chi connectivity index (χ0v) is 29.5. The van der Waals surface area contributed by atoms with E-state index in [0.717, 1.165) is 47.7 Å². The molecule has 276 valence electrons. The Hall–Kier alpha value is -4.54. The van der Waals surface area contributed by atoms with Gasteiger partial charge in [0.2, 0.25) is 5.91 Å². The van der Waals surface area contributed by atoms with Crippen molar-refractivity contribution in [1.82, 2.24) is 10.6 Å². The van der Waals surface area contributed by atoms with Gasteiger partial charge in [0.1, 0.15) is 12.4 Å². The van der Waals surface area contributed by atoms with Crippen LogP contribution >= 0.6 is 0 Å². The smallest absolute Gasteiger partial charge is 0.387 e. The van der Waals surface area contributed by atoms with E-state index in [1.165, 1.54) is 0 Å². The van der Waals surface area contributed by atoms with Gasteiger partial charge in [0.15, 0.2) is 11.6 Å². The average molecular weight is 719 g/mol. The minimum Gasteiger partial charge on any atom is -0.487 e. The van der Waals surface area contributed by atoms with Gasteiger partial charge >= 0.3 is 12.6 Å². The van der Waals surface area contributed by atoms with Gasteiger partial charge in [-0.05, 0) is 91.5 Å². The average Bonchev–Trinajstić information content (AvgIpc) is 3.73. The summed E-state index contributed by atoms with van der Waals surface area (Å²) in [6, 6.07) is 15.0. The van der Waals surface area contributed by atoms with Crippen LogP contribution in [-0.4, -0.2) is 43.1 Å². The third-order valence-electron chi connectivity index (χ3n) is 11.9. The van der Waals surface area contributed by atoms with Crippen molar-refractivity contribution in [3.05, 3.63) is 83.7 Å². The first-order valence-electron chi connectivity index (χ1n) is 18.3. The molecule has 4 aliphatic rings. The summed E-state index contributed by atoms with van der Waals surface area (Å²) < 4.78 is 58.6. The zero-order valence-electron chi connectivity index (χ0n) is 29.5. The summed E-state index contributed by atoms with van der Waals surface area (Å²) in [6.45, 7) is 1.39. The maximum atomic E-state index is 15.3. The van der Waals surface area contributed by atoms with Gasteiger partial charge in [0, 0.05) is 18.7 Å². The molecule has 3 fully saturated rings. The number of halogens is 3. The predicted octanol–water partition coefficient (Wildman–Crippen LogP) is 7.88. The number of benzene rings is 3. The Morgan fingerprint density at radius 3 is 2.38 bits per heavy atom. The molecule has 0 heterocycles. The lowest BCUT2D eigenvalue weighted by molar-refractivity contribution is -0.159. The number of hydrogen-bond acceptors (Lipinski definition) is 6. The van der Waals surface area contributed by atoms with E-state index in [4.69, 9.17) is 9.47 Å². The predicted molar refractivity (Wildman–Crippen MR) is 188 cm³/mol. The topological polar surface area (TPSA) is 103 Å². The first-order valence-corrected chi connectivity index (χ1v) is 18.3. The van der Waals surface area contributed by atoms with Crippen LogP contribution in [-0.2, 0) is 20.9 Å². The molecule has 3 aromatic carbocycles. The fourth-order valence-corrected chi connectivity index (χ4v) is 8.44. The van der Waals surface area contributed by atoms with Gasteiger partial charge in [-0.3, -0.25) is 14.4 Å². The van der Waals surface area contributed by atoms with E-state index in [-0.39, 0.29) is 47.0 Å². The number of rotatable bonds is 12. The molecule has 8 nitrogen and oxygen atoms in total. The molecule has 0 aliphatic heterocycles. The Morgan fingerprint density at radius 1 is 0.923 bits per heavy atom. The summed E-state index contributed by atoms with van der Waals surface area (Å²) in [5, 5.41) is 8.06. The molecule has 7 rings (SSSR count).